The van der Waals surface area contributed by atoms with Gasteiger partial charge in [-0.1, -0.05) is 54.1 Å². The van der Waals surface area contributed by atoms with Gasteiger partial charge in [0.05, 0.1) is 12.3 Å². The van der Waals surface area contributed by atoms with E-state index in [4.69, 9.17) is 11.6 Å². The first-order valence-electron chi connectivity index (χ1n) is 7.61. The van der Waals surface area contributed by atoms with Crippen LogP contribution in [0.5, 0.6) is 0 Å². The van der Waals surface area contributed by atoms with Crippen molar-refractivity contribution >= 4 is 35.0 Å². The Morgan fingerprint density at radius 2 is 1.92 bits per heavy atom. The van der Waals surface area contributed by atoms with Crippen molar-refractivity contribution in [2.75, 3.05) is 11.9 Å². The molecule has 0 atom stereocenters. The van der Waals surface area contributed by atoms with E-state index < -0.39 is 0 Å². The minimum absolute atomic E-state index is 0.125. The van der Waals surface area contributed by atoms with Crippen molar-refractivity contribution in [2.45, 2.75) is 13.8 Å². The Hall–Kier alpha value is -2.59. The summed E-state index contributed by atoms with van der Waals surface area (Å²) < 4.78 is 0. The molecular formula is C19H20ClN3O. The Labute approximate surface area is 147 Å². The Balaban J connectivity index is 1.83. The maximum Gasteiger partial charge on any atom is 0.259 e. The number of hydrogen-bond acceptors (Lipinski definition) is 3. The molecule has 2 aromatic rings. The summed E-state index contributed by atoms with van der Waals surface area (Å²) in [5, 5.41) is 7.77. The van der Waals surface area contributed by atoms with Gasteiger partial charge < -0.3 is 5.32 Å². The molecule has 0 fully saturated rings. The molecule has 0 unspecified atom stereocenters. The largest absolute Gasteiger partial charge is 0.376 e. The molecule has 4 nitrogen and oxygen atoms in total. The summed E-state index contributed by atoms with van der Waals surface area (Å²) in [5.41, 5.74) is 6.07. The fraction of sp³-hybridized carbons (Fsp3) is 0.158. The van der Waals surface area contributed by atoms with Gasteiger partial charge in [0, 0.05) is 10.7 Å². The van der Waals surface area contributed by atoms with Crippen LogP contribution in [0.4, 0.5) is 5.69 Å². The number of allylic oxidation sites excluding steroid dienone is 1. The lowest BCUT2D eigenvalue weighted by atomic mass is 10.2. The van der Waals surface area contributed by atoms with Gasteiger partial charge in [-0.25, -0.2) is 5.43 Å². The van der Waals surface area contributed by atoms with Gasteiger partial charge in [-0.2, -0.15) is 5.10 Å². The van der Waals surface area contributed by atoms with E-state index in [-0.39, 0.29) is 12.5 Å². The number of carbonyl (C=O) groups excluding carboxylic acids is 1. The zero-order valence-electron chi connectivity index (χ0n) is 13.7. The number of hydrazone groups is 1. The van der Waals surface area contributed by atoms with E-state index in [2.05, 4.69) is 15.8 Å². The topological polar surface area (TPSA) is 53.5 Å². The van der Waals surface area contributed by atoms with Crippen molar-refractivity contribution in [1.29, 1.82) is 0 Å². The molecule has 0 radical (unpaired) electrons. The van der Waals surface area contributed by atoms with Crippen LogP contribution in [0.25, 0.3) is 6.08 Å². The Morgan fingerprint density at radius 1 is 1.17 bits per heavy atom. The number of anilines is 1. The van der Waals surface area contributed by atoms with E-state index in [1.54, 1.807) is 0 Å². The number of benzene rings is 2. The zero-order valence-corrected chi connectivity index (χ0v) is 14.5. The summed E-state index contributed by atoms with van der Waals surface area (Å²) in [4.78, 5) is 11.9. The molecule has 0 spiro atoms. The molecule has 0 bridgehead atoms. The van der Waals surface area contributed by atoms with E-state index in [9.17, 15) is 4.79 Å². The summed E-state index contributed by atoms with van der Waals surface area (Å²) in [6.07, 6.45) is 3.79. The van der Waals surface area contributed by atoms with Crippen LogP contribution < -0.4 is 10.7 Å². The van der Waals surface area contributed by atoms with Gasteiger partial charge in [0.1, 0.15) is 0 Å². The van der Waals surface area contributed by atoms with Gasteiger partial charge in [-0.15, -0.1) is 0 Å². The van der Waals surface area contributed by atoms with Gasteiger partial charge in [0.25, 0.3) is 5.91 Å². The van der Waals surface area contributed by atoms with Crippen LogP contribution in [0.3, 0.4) is 0 Å². The number of carbonyl (C=O) groups is 1. The Morgan fingerprint density at radius 3 is 2.67 bits per heavy atom. The van der Waals surface area contributed by atoms with Gasteiger partial charge in [0.15, 0.2) is 0 Å². The summed E-state index contributed by atoms with van der Waals surface area (Å²) in [5.74, 6) is -0.221. The Bertz CT molecular complexity index is 754. The summed E-state index contributed by atoms with van der Waals surface area (Å²) in [6, 6.07) is 15.4. The third kappa shape index (κ3) is 5.56. The van der Waals surface area contributed by atoms with E-state index in [1.165, 1.54) is 0 Å². The molecular weight excluding hydrogens is 322 g/mol. The highest BCUT2D eigenvalue weighted by Crippen LogP contribution is 2.22. The number of rotatable bonds is 6. The van der Waals surface area contributed by atoms with Crippen molar-refractivity contribution in [1.82, 2.24) is 5.43 Å². The van der Waals surface area contributed by atoms with Crippen molar-refractivity contribution in [3.63, 3.8) is 0 Å². The molecule has 2 rings (SSSR count). The van der Waals surface area contributed by atoms with Gasteiger partial charge in [-0.05, 0) is 43.2 Å². The number of nitrogens with one attached hydrogen (secondary N) is 2. The van der Waals surface area contributed by atoms with Crippen LogP contribution in [-0.4, -0.2) is 18.2 Å². The molecule has 2 aromatic carbocycles. The fourth-order valence-electron chi connectivity index (χ4n) is 1.98. The standard InChI is InChI=1S/C19H20ClN3O/c1-14(11-12-16-7-4-3-5-8-16)22-23-19(24)13-21-18-10-6-9-17(20)15(18)2/h3-12,21H,13H2,1-2H3,(H,23,24). The SMILES string of the molecule is CC(C=Cc1ccccc1)=NNC(=O)CNc1cccc(Cl)c1C. The van der Waals surface area contributed by atoms with E-state index in [0.29, 0.717) is 10.7 Å². The Kier molecular flexibility index (Phi) is 6.58. The molecule has 0 saturated carbocycles. The number of nitrogens with zero attached hydrogens (tertiary/aromatic N) is 1. The lowest BCUT2D eigenvalue weighted by Crippen LogP contribution is -2.26. The van der Waals surface area contributed by atoms with Crippen LogP contribution in [0.1, 0.15) is 18.1 Å². The zero-order chi connectivity index (χ0) is 17.4. The highest BCUT2D eigenvalue weighted by Gasteiger charge is 2.04. The van der Waals surface area contributed by atoms with E-state index in [1.807, 2.05) is 74.5 Å². The van der Waals surface area contributed by atoms with Crippen LogP contribution >= 0.6 is 11.6 Å². The van der Waals surface area contributed by atoms with Crippen molar-refractivity contribution < 1.29 is 4.79 Å². The highest BCUT2D eigenvalue weighted by atomic mass is 35.5. The van der Waals surface area contributed by atoms with Crippen LogP contribution in [-0.2, 0) is 4.79 Å². The van der Waals surface area contributed by atoms with Crippen molar-refractivity contribution in [3.05, 3.63) is 70.8 Å². The molecule has 0 heterocycles. The first-order chi connectivity index (χ1) is 11.6. The van der Waals surface area contributed by atoms with E-state index >= 15 is 0 Å². The molecule has 0 saturated heterocycles. The molecule has 5 heteroatoms. The average Bonchev–Trinajstić information content (AvgIpc) is 2.60. The first kappa shape index (κ1) is 17.8. The molecule has 24 heavy (non-hydrogen) atoms. The first-order valence-corrected chi connectivity index (χ1v) is 7.99. The molecule has 0 aliphatic rings. The van der Waals surface area contributed by atoms with Crippen LogP contribution in [0.2, 0.25) is 5.02 Å². The summed E-state index contributed by atoms with van der Waals surface area (Å²) in [6.45, 7) is 3.86. The average molecular weight is 342 g/mol. The van der Waals surface area contributed by atoms with Gasteiger partial charge in [-0.3, -0.25) is 4.79 Å². The van der Waals surface area contributed by atoms with Gasteiger partial charge in [0.2, 0.25) is 0 Å². The molecule has 1 amide bonds. The van der Waals surface area contributed by atoms with Gasteiger partial charge >= 0.3 is 0 Å². The normalized spacial score (nSPS) is 11.5. The molecule has 2 N–H and O–H groups in total. The quantitative estimate of drug-likeness (QED) is 0.609. The second-order valence-corrected chi connectivity index (χ2v) is 5.71. The van der Waals surface area contributed by atoms with Crippen LogP contribution in [0, 0.1) is 6.92 Å². The third-order valence-corrected chi connectivity index (χ3v) is 3.79. The van der Waals surface area contributed by atoms with Crippen LogP contribution in [0.15, 0.2) is 59.7 Å². The van der Waals surface area contributed by atoms with E-state index in [0.717, 1.165) is 16.8 Å². The monoisotopic (exact) mass is 341 g/mol. The predicted octanol–water partition coefficient (Wildman–Crippen LogP) is 4.27. The maximum atomic E-state index is 11.9. The number of hydrogen-bond donors (Lipinski definition) is 2. The molecule has 0 aliphatic carbocycles. The molecule has 124 valence electrons. The van der Waals surface area contributed by atoms with Crippen molar-refractivity contribution in [3.8, 4) is 0 Å². The number of amides is 1. The third-order valence-electron chi connectivity index (χ3n) is 3.38. The second kappa shape index (κ2) is 8.89. The fourth-order valence-corrected chi connectivity index (χ4v) is 2.16. The molecule has 0 aliphatic heterocycles. The second-order valence-electron chi connectivity index (χ2n) is 5.30. The van der Waals surface area contributed by atoms with Crippen molar-refractivity contribution in [2.24, 2.45) is 5.10 Å². The summed E-state index contributed by atoms with van der Waals surface area (Å²) in [7, 11) is 0. The molecule has 0 aromatic heterocycles. The smallest absolute Gasteiger partial charge is 0.259 e. The lowest BCUT2D eigenvalue weighted by molar-refractivity contribution is -0.119. The summed E-state index contributed by atoms with van der Waals surface area (Å²) >= 11 is 6.05. The number of halogens is 1. The predicted molar refractivity (Wildman–Crippen MR) is 101 cm³/mol. The highest BCUT2D eigenvalue weighted by molar-refractivity contribution is 6.31. The minimum Gasteiger partial charge on any atom is -0.376 e. The lowest BCUT2D eigenvalue weighted by Gasteiger charge is -2.09. The maximum absolute atomic E-state index is 11.9. The minimum atomic E-state index is -0.221.